The fourth-order valence-electron chi connectivity index (χ4n) is 2.49. The van der Waals surface area contributed by atoms with Crippen molar-refractivity contribution in [2.75, 3.05) is 0 Å². The van der Waals surface area contributed by atoms with E-state index >= 15 is 0 Å². The Bertz CT molecular complexity index is 1050. The Morgan fingerprint density at radius 2 is 2.12 bits per heavy atom. The van der Waals surface area contributed by atoms with Gasteiger partial charge in [0, 0.05) is 28.0 Å². The molecule has 0 saturated carbocycles. The first-order valence-electron chi connectivity index (χ1n) is 7.20. The van der Waals surface area contributed by atoms with Gasteiger partial charge in [-0.3, -0.25) is 9.78 Å². The minimum atomic E-state index is -0.527. The summed E-state index contributed by atoms with van der Waals surface area (Å²) in [5, 5.41) is 3.87. The Morgan fingerprint density at radius 3 is 2.88 bits per heavy atom. The van der Waals surface area contributed by atoms with Crippen LogP contribution in [0.3, 0.4) is 0 Å². The van der Waals surface area contributed by atoms with Gasteiger partial charge in [0.25, 0.3) is 5.91 Å². The minimum absolute atomic E-state index is 0.274. The number of thiophene rings is 1. The van der Waals surface area contributed by atoms with Gasteiger partial charge in [-0.25, -0.2) is 9.97 Å². The van der Waals surface area contributed by atoms with E-state index in [1.165, 1.54) is 0 Å². The Morgan fingerprint density at radius 1 is 1.25 bits per heavy atom. The monoisotopic (exact) mass is 352 g/mol. The lowest BCUT2D eigenvalue weighted by Gasteiger charge is -2.03. The number of carbonyl (C=O) groups is 1. The van der Waals surface area contributed by atoms with Crippen molar-refractivity contribution in [1.82, 2.24) is 15.0 Å². The van der Waals surface area contributed by atoms with Crippen molar-refractivity contribution in [3.05, 3.63) is 53.4 Å². The number of thiazole rings is 1. The van der Waals surface area contributed by atoms with Gasteiger partial charge in [-0.1, -0.05) is 0 Å². The van der Waals surface area contributed by atoms with Crippen LogP contribution in [0.25, 0.3) is 31.2 Å². The molecule has 0 aliphatic carbocycles. The number of aryl methyl sites for hydroxylation is 1. The molecule has 4 rings (SSSR count). The average Bonchev–Trinajstić information content (AvgIpc) is 3.21. The highest BCUT2D eigenvalue weighted by molar-refractivity contribution is 7.19. The highest BCUT2D eigenvalue weighted by Crippen LogP contribution is 2.38. The van der Waals surface area contributed by atoms with Crippen LogP contribution in [-0.4, -0.2) is 20.9 Å². The number of pyridine rings is 2. The zero-order valence-electron chi connectivity index (χ0n) is 12.7. The van der Waals surface area contributed by atoms with E-state index in [-0.39, 0.29) is 5.69 Å². The summed E-state index contributed by atoms with van der Waals surface area (Å²) in [5.41, 5.74) is 8.31. The van der Waals surface area contributed by atoms with Crippen molar-refractivity contribution in [2.45, 2.75) is 6.92 Å². The summed E-state index contributed by atoms with van der Waals surface area (Å²) in [6, 6.07) is 7.61. The van der Waals surface area contributed by atoms with E-state index in [0.717, 1.165) is 36.9 Å². The van der Waals surface area contributed by atoms with Crippen molar-refractivity contribution in [1.29, 1.82) is 0 Å². The van der Waals surface area contributed by atoms with Gasteiger partial charge in [-0.15, -0.1) is 22.7 Å². The molecule has 0 radical (unpaired) electrons. The van der Waals surface area contributed by atoms with Gasteiger partial charge >= 0.3 is 0 Å². The van der Waals surface area contributed by atoms with Gasteiger partial charge in [-0.2, -0.15) is 0 Å². The molecule has 0 saturated heterocycles. The van der Waals surface area contributed by atoms with Crippen molar-refractivity contribution in [3.63, 3.8) is 0 Å². The number of hydrogen-bond donors (Lipinski definition) is 1. The van der Waals surface area contributed by atoms with Crippen molar-refractivity contribution in [3.8, 4) is 21.1 Å². The molecule has 118 valence electrons. The smallest absolute Gasteiger partial charge is 0.267 e. The van der Waals surface area contributed by atoms with E-state index in [1.54, 1.807) is 41.1 Å². The molecule has 0 aliphatic heterocycles. The number of nitrogens with two attached hydrogens (primary N) is 1. The number of carbonyl (C=O) groups excluding carboxylic acids is 1. The number of fused-ring (bicyclic) bond motifs is 1. The Balaban J connectivity index is 1.93. The zero-order chi connectivity index (χ0) is 16.7. The third-order valence-corrected chi connectivity index (χ3v) is 5.70. The maximum absolute atomic E-state index is 11.6. The second-order valence-corrected chi connectivity index (χ2v) is 7.17. The van der Waals surface area contributed by atoms with Gasteiger partial charge in [0.05, 0.1) is 16.3 Å². The molecule has 1 amide bonds. The van der Waals surface area contributed by atoms with E-state index in [1.807, 2.05) is 30.5 Å². The lowest BCUT2D eigenvalue weighted by Crippen LogP contribution is -2.13. The van der Waals surface area contributed by atoms with Crippen molar-refractivity contribution >= 4 is 38.7 Å². The first kappa shape index (κ1) is 14.9. The molecule has 24 heavy (non-hydrogen) atoms. The summed E-state index contributed by atoms with van der Waals surface area (Å²) in [7, 11) is 0. The van der Waals surface area contributed by atoms with Crippen LogP contribution in [0.1, 0.15) is 16.2 Å². The molecular weight excluding hydrogens is 340 g/mol. The van der Waals surface area contributed by atoms with E-state index < -0.39 is 5.91 Å². The van der Waals surface area contributed by atoms with Crippen LogP contribution >= 0.6 is 22.7 Å². The maximum atomic E-state index is 11.6. The highest BCUT2D eigenvalue weighted by Gasteiger charge is 2.18. The van der Waals surface area contributed by atoms with Gasteiger partial charge in [0.2, 0.25) is 0 Å². The Hall–Kier alpha value is -2.64. The molecule has 0 spiro atoms. The molecule has 0 fully saturated rings. The van der Waals surface area contributed by atoms with Crippen LogP contribution < -0.4 is 5.73 Å². The molecule has 4 aromatic heterocycles. The van der Waals surface area contributed by atoms with E-state index in [4.69, 9.17) is 5.73 Å². The Labute approximate surface area is 145 Å². The molecule has 0 atom stereocenters. The zero-order valence-corrected chi connectivity index (χ0v) is 14.3. The quantitative estimate of drug-likeness (QED) is 0.606. The molecule has 7 heteroatoms. The molecular formula is C17H12N4OS2. The van der Waals surface area contributed by atoms with Gasteiger partial charge in [0.1, 0.15) is 10.7 Å². The fraction of sp³-hybridized carbons (Fsp3) is 0.0588. The topological polar surface area (TPSA) is 81.8 Å². The van der Waals surface area contributed by atoms with Crippen LogP contribution in [0.4, 0.5) is 0 Å². The van der Waals surface area contributed by atoms with E-state index in [0.29, 0.717) is 0 Å². The van der Waals surface area contributed by atoms with Gasteiger partial charge < -0.3 is 5.73 Å². The average molecular weight is 352 g/mol. The SMILES string of the molecule is Cc1nc(-c2cccnc2)sc1-c1nc(C(N)=O)cc2sccc12. The predicted molar refractivity (Wildman–Crippen MR) is 97.2 cm³/mol. The summed E-state index contributed by atoms with van der Waals surface area (Å²) >= 11 is 3.11. The molecule has 0 aliphatic rings. The highest BCUT2D eigenvalue weighted by atomic mass is 32.1. The van der Waals surface area contributed by atoms with Crippen LogP contribution in [0, 0.1) is 6.92 Å². The van der Waals surface area contributed by atoms with Crippen LogP contribution in [0.15, 0.2) is 42.0 Å². The maximum Gasteiger partial charge on any atom is 0.267 e. The summed E-state index contributed by atoms with van der Waals surface area (Å²) in [4.78, 5) is 25.8. The van der Waals surface area contributed by atoms with Crippen LogP contribution in [-0.2, 0) is 0 Å². The largest absolute Gasteiger partial charge is 0.364 e. The number of primary amides is 1. The summed E-state index contributed by atoms with van der Waals surface area (Å²) < 4.78 is 0.990. The minimum Gasteiger partial charge on any atom is -0.364 e. The van der Waals surface area contributed by atoms with Crippen LogP contribution in [0.2, 0.25) is 0 Å². The van der Waals surface area contributed by atoms with Crippen molar-refractivity contribution in [2.24, 2.45) is 5.73 Å². The summed E-state index contributed by atoms with van der Waals surface area (Å²) in [6.07, 6.45) is 3.52. The summed E-state index contributed by atoms with van der Waals surface area (Å²) in [6.45, 7) is 1.95. The Kier molecular flexibility index (Phi) is 3.59. The number of amides is 1. The standard InChI is InChI=1S/C17H12N4OS2/c1-9-15(24-17(20-9)10-3-2-5-19-8-10)14-11-4-6-23-13(11)7-12(21-14)16(18)22/h2-8H,1H3,(H2,18,22). The predicted octanol–water partition coefficient (Wildman–Crippen LogP) is 3.89. The number of aromatic nitrogens is 3. The first-order valence-corrected chi connectivity index (χ1v) is 8.89. The van der Waals surface area contributed by atoms with Gasteiger partial charge in [-0.05, 0) is 36.6 Å². The number of nitrogens with zero attached hydrogens (tertiary/aromatic N) is 3. The van der Waals surface area contributed by atoms with Crippen LogP contribution in [0.5, 0.6) is 0 Å². The molecule has 4 aromatic rings. The molecule has 4 heterocycles. The molecule has 0 unspecified atom stereocenters. The third kappa shape index (κ3) is 2.47. The normalized spacial score (nSPS) is 11.0. The number of rotatable bonds is 3. The van der Waals surface area contributed by atoms with E-state index in [9.17, 15) is 4.79 Å². The number of hydrogen-bond acceptors (Lipinski definition) is 6. The second kappa shape index (κ2) is 5.77. The molecule has 0 aromatic carbocycles. The third-order valence-electron chi connectivity index (χ3n) is 3.62. The first-order chi connectivity index (χ1) is 11.6. The van der Waals surface area contributed by atoms with Crippen molar-refractivity contribution < 1.29 is 4.79 Å². The lowest BCUT2D eigenvalue weighted by molar-refractivity contribution is 0.0996. The van der Waals surface area contributed by atoms with Gasteiger partial charge in [0.15, 0.2) is 0 Å². The molecule has 2 N–H and O–H groups in total. The lowest BCUT2D eigenvalue weighted by atomic mass is 10.1. The summed E-state index contributed by atoms with van der Waals surface area (Å²) in [5.74, 6) is -0.527. The molecule has 5 nitrogen and oxygen atoms in total. The van der Waals surface area contributed by atoms with E-state index in [2.05, 4.69) is 15.0 Å². The second-order valence-electron chi connectivity index (χ2n) is 5.23. The molecule has 0 bridgehead atoms. The fourth-order valence-corrected chi connectivity index (χ4v) is 4.38.